The standard InChI is InChI=1S/C14H16ClF5N2.ClH/c15-11-6-9(5-10(7-11)14(18,19)20)12(8-13(16)17)22-3-1-21-2-4-22;/h5-7,12-13,21H,1-4,8H2;1H/t12-;/m0./s1. The van der Waals surface area contributed by atoms with E-state index in [9.17, 15) is 22.0 Å². The first-order valence-electron chi connectivity index (χ1n) is 6.88. The zero-order valence-corrected chi connectivity index (χ0v) is 13.6. The highest BCUT2D eigenvalue weighted by atomic mass is 35.5. The maximum absolute atomic E-state index is 12.9. The fourth-order valence-electron chi connectivity index (χ4n) is 2.63. The van der Waals surface area contributed by atoms with Crippen LogP contribution in [0.15, 0.2) is 18.2 Å². The van der Waals surface area contributed by atoms with Gasteiger partial charge in [0.05, 0.1) is 5.56 Å². The van der Waals surface area contributed by atoms with Crippen LogP contribution in [0.4, 0.5) is 22.0 Å². The number of nitrogens with zero attached hydrogens (tertiary/aromatic N) is 1. The number of halogens is 7. The molecule has 1 saturated heterocycles. The molecule has 1 fully saturated rings. The summed E-state index contributed by atoms with van der Waals surface area (Å²) in [7, 11) is 0. The smallest absolute Gasteiger partial charge is 0.314 e. The summed E-state index contributed by atoms with van der Waals surface area (Å²) in [5.74, 6) is 0. The second kappa shape index (κ2) is 8.46. The summed E-state index contributed by atoms with van der Waals surface area (Å²) >= 11 is 5.76. The van der Waals surface area contributed by atoms with Crippen molar-refractivity contribution >= 4 is 24.0 Å². The molecular formula is C14H17Cl2F5N2. The molecule has 0 radical (unpaired) electrons. The Morgan fingerprint density at radius 3 is 2.26 bits per heavy atom. The molecule has 0 unspecified atom stereocenters. The lowest BCUT2D eigenvalue weighted by molar-refractivity contribution is -0.137. The molecule has 0 aromatic heterocycles. The van der Waals surface area contributed by atoms with Crippen LogP contribution in [0, 0.1) is 0 Å². The van der Waals surface area contributed by atoms with E-state index in [-0.39, 0.29) is 23.0 Å². The Morgan fingerprint density at radius 2 is 1.74 bits per heavy atom. The maximum Gasteiger partial charge on any atom is 0.416 e. The van der Waals surface area contributed by atoms with Crippen molar-refractivity contribution in [3.63, 3.8) is 0 Å². The number of benzene rings is 1. The molecule has 0 bridgehead atoms. The summed E-state index contributed by atoms with van der Waals surface area (Å²) in [6, 6.07) is 2.29. The molecule has 0 spiro atoms. The molecule has 1 atom stereocenters. The first kappa shape index (κ1) is 20.4. The fourth-order valence-corrected chi connectivity index (χ4v) is 2.87. The normalized spacial score (nSPS) is 17.9. The summed E-state index contributed by atoms with van der Waals surface area (Å²) < 4.78 is 64.4. The van der Waals surface area contributed by atoms with Crippen LogP contribution in [0.5, 0.6) is 0 Å². The molecule has 1 heterocycles. The summed E-state index contributed by atoms with van der Waals surface area (Å²) in [6.07, 6.45) is -7.68. The van der Waals surface area contributed by atoms with Crippen LogP contribution in [0.1, 0.15) is 23.6 Å². The van der Waals surface area contributed by atoms with Gasteiger partial charge in [0.2, 0.25) is 6.43 Å². The Hall–Kier alpha value is -0.630. The number of hydrogen-bond acceptors (Lipinski definition) is 2. The predicted molar refractivity (Wildman–Crippen MR) is 81.5 cm³/mol. The van der Waals surface area contributed by atoms with Crippen LogP contribution in [0.3, 0.4) is 0 Å². The second-order valence-corrected chi connectivity index (χ2v) is 5.64. The Bertz CT molecular complexity index is 504. The van der Waals surface area contributed by atoms with E-state index in [2.05, 4.69) is 5.32 Å². The van der Waals surface area contributed by atoms with Gasteiger partial charge in [0.25, 0.3) is 0 Å². The second-order valence-electron chi connectivity index (χ2n) is 5.20. The van der Waals surface area contributed by atoms with Crippen molar-refractivity contribution in [3.8, 4) is 0 Å². The molecule has 9 heteroatoms. The third kappa shape index (κ3) is 5.74. The molecule has 1 N–H and O–H groups in total. The molecule has 1 aliphatic rings. The Kier molecular flexibility index (Phi) is 7.51. The van der Waals surface area contributed by atoms with E-state index in [1.165, 1.54) is 6.07 Å². The van der Waals surface area contributed by atoms with Gasteiger partial charge in [0.1, 0.15) is 0 Å². The van der Waals surface area contributed by atoms with Crippen LogP contribution in [0.25, 0.3) is 0 Å². The number of alkyl halides is 5. The largest absolute Gasteiger partial charge is 0.416 e. The van der Waals surface area contributed by atoms with Crippen LogP contribution < -0.4 is 5.32 Å². The van der Waals surface area contributed by atoms with Gasteiger partial charge < -0.3 is 5.32 Å². The topological polar surface area (TPSA) is 15.3 Å². The molecule has 0 amide bonds. The van der Waals surface area contributed by atoms with Gasteiger partial charge in [-0.3, -0.25) is 4.90 Å². The minimum absolute atomic E-state index is 0. The van der Waals surface area contributed by atoms with E-state index in [1.807, 2.05) is 0 Å². The molecule has 0 aliphatic carbocycles. The molecule has 132 valence electrons. The van der Waals surface area contributed by atoms with E-state index in [1.54, 1.807) is 4.90 Å². The quantitative estimate of drug-likeness (QED) is 0.782. The Morgan fingerprint density at radius 1 is 1.13 bits per heavy atom. The van der Waals surface area contributed by atoms with Gasteiger partial charge in [-0.2, -0.15) is 13.2 Å². The lowest BCUT2D eigenvalue weighted by atomic mass is 9.99. The number of rotatable bonds is 4. The van der Waals surface area contributed by atoms with Crippen molar-refractivity contribution in [2.24, 2.45) is 0 Å². The van der Waals surface area contributed by atoms with Crippen molar-refractivity contribution in [3.05, 3.63) is 34.3 Å². The summed E-state index contributed by atoms with van der Waals surface area (Å²) in [6.45, 7) is 2.25. The van der Waals surface area contributed by atoms with Crippen molar-refractivity contribution in [2.45, 2.75) is 25.1 Å². The van der Waals surface area contributed by atoms with Gasteiger partial charge >= 0.3 is 6.18 Å². The van der Waals surface area contributed by atoms with Gasteiger partial charge in [0, 0.05) is 43.7 Å². The average molecular weight is 379 g/mol. The van der Waals surface area contributed by atoms with Crippen LogP contribution in [-0.4, -0.2) is 37.5 Å². The molecule has 23 heavy (non-hydrogen) atoms. The van der Waals surface area contributed by atoms with Gasteiger partial charge in [-0.05, 0) is 23.8 Å². The Labute approximate surface area is 142 Å². The molecule has 0 saturated carbocycles. The molecule has 2 nitrogen and oxygen atoms in total. The molecular weight excluding hydrogens is 362 g/mol. The lowest BCUT2D eigenvalue weighted by Gasteiger charge is -2.35. The minimum Gasteiger partial charge on any atom is -0.314 e. The SMILES string of the molecule is Cl.FC(F)C[C@@H](c1cc(Cl)cc(C(F)(F)F)c1)N1CCNCC1. The minimum atomic E-state index is -4.56. The summed E-state index contributed by atoms with van der Waals surface area (Å²) in [4.78, 5) is 1.77. The third-order valence-electron chi connectivity index (χ3n) is 3.63. The third-order valence-corrected chi connectivity index (χ3v) is 3.84. The van der Waals surface area contributed by atoms with Gasteiger partial charge in [-0.25, -0.2) is 8.78 Å². The highest BCUT2D eigenvalue weighted by Gasteiger charge is 2.33. The number of nitrogens with one attached hydrogen (secondary N) is 1. The van der Waals surface area contributed by atoms with E-state index in [4.69, 9.17) is 11.6 Å². The highest BCUT2D eigenvalue weighted by molar-refractivity contribution is 6.30. The van der Waals surface area contributed by atoms with Crippen molar-refractivity contribution in [2.75, 3.05) is 26.2 Å². The Balaban J connectivity index is 0.00000264. The van der Waals surface area contributed by atoms with Crippen molar-refractivity contribution < 1.29 is 22.0 Å². The van der Waals surface area contributed by atoms with Crippen molar-refractivity contribution in [1.82, 2.24) is 10.2 Å². The van der Waals surface area contributed by atoms with Crippen LogP contribution >= 0.6 is 24.0 Å². The zero-order chi connectivity index (χ0) is 16.3. The monoisotopic (exact) mass is 378 g/mol. The molecule has 2 rings (SSSR count). The first-order valence-corrected chi connectivity index (χ1v) is 7.26. The predicted octanol–water partition coefficient (Wildman–Crippen LogP) is 4.38. The summed E-state index contributed by atoms with van der Waals surface area (Å²) in [5, 5.41) is 2.99. The summed E-state index contributed by atoms with van der Waals surface area (Å²) in [5.41, 5.74) is -0.730. The van der Waals surface area contributed by atoms with E-state index >= 15 is 0 Å². The van der Waals surface area contributed by atoms with Gasteiger partial charge in [-0.1, -0.05) is 11.6 Å². The average Bonchev–Trinajstić information content (AvgIpc) is 2.44. The molecule has 1 aliphatic heterocycles. The van der Waals surface area contributed by atoms with E-state index in [0.717, 1.165) is 12.1 Å². The molecule has 1 aromatic carbocycles. The zero-order valence-electron chi connectivity index (χ0n) is 12.0. The van der Waals surface area contributed by atoms with Gasteiger partial charge in [0.15, 0.2) is 0 Å². The highest BCUT2D eigenvalue weighted by Crippen LogP contribution is 2.36. The fraction of sp³-hybridized carbons (Fsp3) is 0.571. The number of hydrogen-bond donors (Lipinski definition) is 1. The van der Waals surface area contributed by atoms with Crippen LogP contribution in [-0.2, 0) is 6.18 Å². The van der Waals surface area contributed by atoms with E-state index < -0.39 is 30.6 Å². The maximum atomic E-state index is 12.9. The number of piperazine rings is 1. The van der Waals surface area contributed by atoms with E-state index in [0.29, 0.717) is 26.2 Å². The van der Waals surface area contributed by atoms with Gasteiger partial charge in [-0.15, -0.1) is 12.4 Å². The molecule has 1 aromatic rings. The lowest BCUT2D eigenvalue weighted by Crippen LogP contribution is -2.45. The van der Waals surface area contributed by atoms with Crippen molar-refractivity contribution in [1.29, 1.82) is 0 Å². The first-order chi connectivity index (χ1) is 10.3. The van der Waals surface area contributed by atoms with Crippen LogP contribution in [0.2, 0.25) is 5.02 Å².